The van der Waals surface area contributed by atoms with Crippen molar-refractivity contribution < 1.29 is 4.70 Å². The summed E-state index contributed by atoms with van der Waals surface area (Å²) in [6.45, 7) is 10.1. The van der Waals surface area contributed by atoms with Crippen LogP contribution in [0.4, 0.5) is 5.69 Å². The number of hydrogen-bond acceptors (Lipinski definition) is 3. The zero-order valence-corrected chi connectivity index (χ0v) is 23.8. The van der Waals surface area contributed by atoms with Gasteiger partial charge in [0.25, 0.3) is 0 Å². The minimum Gasteiger partial charge on any atom is -0.256 e. The lowest BCUT2D eigenvalue weighted by Crippen LogP contribution is -2.18. The molecule has 2 aliphatic carbocycles. The Morgan fingerprint density at radius 3 is 2.07 bits per heavy atom. The highest BCUT2D eigenvalue weighted by Crippen LogP contribution is 2.56. The second-order valence-corrected chi connectivity index (χ2v) is 12.5. The molecule has 0 saturated heterocycles. The molecule has 0 unspecified atom stereocenters. The topological polar surface area (TPSA) is 40.6 Å². The summed E-state index contributed by atoms with van der Waals surface area (Å²) in [4.78, 5) is 4.50. The van der Waals surface area contributed by atoms with Crippen LogP contribution < -0.4 is 0 Å². The number of fused-ring (bicyclic) bond motifs is 6. The Bertz CT molecular complexity index is 1960. The molecule has 0 fully saturated rings. The maximum atomic E-state index is 4.64. The van der Waals surface area contributed by atoms with E-state index in [-0.39, 0.29) is 10.8 Å². The summed E-state index contributed by atoms with van der Waals surface area (Å²) in [5, 5.41) is 9.18. The van der Waals surface area contributed by atoms with E-state index in [9.17, 15) is 0 Å². The normalized spacial score (nSPS) is 16.9. The van der Waals surface area contributed by atoms with Crippen LogP contribution in [0.1, 0.15) is 55.5 Å². The Balaban J connectivity index is 1.12. The molecule has 0 spiro atoms. The van der Waals surface area contributed by atoms with Crippen LogP contribution in [0.15, 0.2) is 114 Å². The van der Waals surface area contributed by atoms with Crippen molar-refractivity contribution >= 4 is 11.4 Å². The summed E-state index contributed by atoms with van der Waals surface area (Å²) in [5.74, 6) is 0. The molecular formula is C37H31N4+. The molecule has 0 amide bonds. The Morgan fingerprint density at radius 2 is 1.29 bits per heavy atom. The van der Waals surface area contributed by atoms with E-state index in [1.807, 2.05) is 29.1 Å². The van der Waals surface area contributed by atoms with Crippen LogP contribution in [0.3, 0.4) is 0 Å². The number of benzene rings is 4. The summed E-state index contributed by atoms with van der Waals surface area (Å²) >= 11 is 0. The monoisotopic (exact) mass is 531 g/mol. The van der Waals surface area contributed by atoms with Crippen molar-refractivity contribution in [3.05, 3.63) is 131 Å². The van der Waals surface area contributed by atoms with Gasteiger partial charge in [0.15, 0.2) is 12.2 Å². The van der Waals surface area contributed by atoms with Crippen molar-refractivity contribution in [3.63, 3.8) is 0 Å². The second kappa shape index (κ2) is 8.40. The minimum absolute atomic E-state index is 0.00872. The van der Waals surface area contributed by atoms with E-state index in [1.165, 1.54) is 44.5 Å². The van der Waals surface area contributed by atoms with Gasteiger partial charge in [-0.15, -0.1) is 4.70 Å². The smallest absolute Gasteiger partial charge is 0.231 e. The first-order valence-electron chi connectivity index (χ1n) is 14.3. The zero-order chi connectivity index (χ0) is 27.9. The first-order valence-corrected chi connectivity index (χ1v) is 14.3. The van der Waals surface area contributed by atoms with Crippen molar-refractivity contribution in [1.29, 1.82) is 0 Å². The Morgan fingerprint density at radius 1 is 0.585 bits per heavy atom. The molecule has 2 heterocycles. The third-order valence-corrected chi connectivity index (χ3v) is 9.39. The number of aromatic nitrogens is 1. The first kappa shape index (κ1) is 24.1. The highest BCUT2D eigenvalue weighted by atomic mass is 15.5. The molecule has 4 heteroatoms. The molecule has 4 nitrogen and oxygen atoms in total. The average molecular weight is 532 g/mol. The summed E-state index contributed by atoms with van der Waals surface area (Å²) in [6.07, 6.45) is 1.82. The van der Waals surface area contributed by atoms with E-state index in [0.29, 0.717) is 6.54 Å². The number of pyridine rings is 1. The van der Waals surface area contributed by atoms with E-state index in [2.05, 4.69) is 122 Å². The second-order valence-electron chi connectivity index (χ2n) is 12.5. The Labute approximate surface area is 240 Å². The molecule has 3 aliphatic rings. The number of hydrogen-bond donors (Lipinski definition) is 0. The van der Waals surface area contributed by atoms with Crippen molar-refractivity contribution in [2.24, 2.45) is 10.3 Å². The molecule has 1 aromatic heterocycles. The molecule has 41 heavy (non-hydrogen) atoms. The van der Waals surface area contributed by atoms with E-state index in [1.54, 1.807) is 0 Å². The van der Waals surface area contributed by atoms with Crippen molar-refractivity contribution in [2.45, 2.75) is 38.5 Å². The van der Waals surface area contributed by atoms with E-state index in [0.717, 1.165) is 28.2 Å². The van der Waals surface area contributed by atoms with Crippen LogP contribution in [0.5, 0.6) is 0 Å². The Hall–Kier alpha value is -4.70. The molecule has 0 saturated carbocycles. The summed E-state index contributed by atoms with van der Waals surface area (Å²) in [5.41, 5.74) is 16.1. The van der Waals surface area contributed by atoms with Crippen LogP contribution in [0, 0.1) is 0 Å². The van der Waals surface area contributed by atoms with Gasteiger partial charge in [0.05, 0.1) is 10.8 Å². The summed E-state index contributed by atoms with van der Waals surface area (Å²) < 4.78 is 1.97. The van der Waals surface area contributed by atoms with Crippen LogP contribution in [-0.4, -0.2) is 21.9 Å². The van der Waals surface area contributed by atoms with Gasteiger partial charge >= 0.3 is 0 Å². The highest BCUT2D eigenvalue weighted by Gasteiger charge is 2.42. The molecule has 5 aromatic rings. The lowest BCUT2D eigenvalue weighted by atomic mass is 9.79. The van der Waals surface area contributed by atoms with Gasteiger partial charge in [-0.3, -0.25) is 4.98 Å². The molecule has 4 aromatic carbocycles. The third kappa shape index (κ3) is 3.46. The SMILES string of the molecule is CC1(C)c2ccccc2-c2cc3c(cc21)-c1ccc(C2=NN=[N+](c4cccc(-c5ccccn5)c4)C2)cc1C3(C)C. The van der Waals surface area contributed by atoms with Crippen molar-refractivity contribution in [3.8, 4) is 33.5 Å². The molecule has 198 valence electrons. The molecule has 0 bridgehead atoms. The largest absolute Gasteiger partial charge is 0.256 e. The fourth-order valence-corrected chi connectivity index (χ4v) is 7.07. The van der Waals surface area contributed by atoms with Crippen molar-refractivity contribution in [1.82, 2.24) is 4.98 Å². The van der Waals surface area contributed by atoms with Crippen LogP contribution >= 0.6 is 0 Å². The van der Waals surface area contributed by atoms with Gasteiger partial charge in [-0.2, -0.15) is 0 Å². The van der Waals surface area contributed by atoms with Crippen molar-refractivity contribution in [2.75, 3.05) is 6.54 Å². The standard InChI is InChI=1S/C37H31N4/c1-36(2)30-13-6-5-12-26(30)28-20-33-29(21-32(28)36)27-16-15-24(19-31(27)37(33,3)4)35-22-41(40-39-35)25-11-9-10-23(18-25)34-14-7-8-17-38-34/h5-21H,22H2,1-4H3/q+1. The van der Waals surface area contributed by atoms with Gasteiger partial charge < -0.3 is 0 Å². The maximum Gasteiger partial charge on any atom is 0.231 e. The maximum absolute atomic E-state index is 4.64. The fourth-order valence-electron chi connectivity index (χ4n) is 7.07. The molecule has 1 aliphatic heterocycles. The molecule has 0 N–H and O–H groups in total. The van der Waals surface area contributed by atoms with E-state index >= 15 is 0 Å². The number of rotatable bonds is 3. The van der Waals surface area contributed by atoms with E-state index in [4.69, 9.17) is 0 Å². The molecule has 8 rings (SSSR count). The lowest BCUT2D eigenvalue weighted by Gasteiger charge is -2.24. The van der Waals surface area contributed by atoms with Gasteiger partial charge in [-0.25, -0.2) is 0 Å². The van der Waals surface area contributed by atoms with Gasteiger partial charge in [-0.05, 0) is 87.0 Å². The average Bonchev–Trinajstić information content (AvgIpc) is 3.64. The fraction of sp³-hybridized carbons (Fsp3) is 0.189. The highest BCUT2D eigenvalue weighted by molar-refractivity contribution is 6.03. The number of nitrogens with zero attached hydrogens (tertiary/aromatic N) is 4. The molecular weight excluding hydrogens is 500 g/mol. The summed E-state index contributed by atoms with van der Waals surface area (Å²) in [7, 11) is 0. The van der Waals surface area contributed by atoms with Crippen LogP contribution in [0.2, 0.25) is 0 Å². The predicted octanol–water partition coefficient (Wildman–Crippen LogP) is 8.88. The Kier molecular flexibility index (Phi) is 4.94. The van der Waals surface area contributed by atoms with Gasteiger partial charge in [0.1, 0.15) is 5.22 Å². The van der Waals surface area contributed by atoms with Gasteiger partial charge in [-0.1, -0.05) is 82.3 Å². The summed E-state index contributed by atoms with van der Waals surface area (Å²) in [6, 6.07) is 35.0. The van der Waals surface area contributed by atoms with Crippen LogP contribution in [-0.2, 0) is 10.8 Å². The molecule has 0 radical (unpaired) electrons. The first-order chi connectivity index (χ1) is 19.8. The van der Waals surface area contributed by atoms with Crippen LogP contribution in [0.25, 0.3) is 33.5 Å². The van der Waals surface area contributed by atoms with Gasteiger partial charge in [0, 0.05) is 28.2 Å². The minimum atomic E-state index is -0.107. The lowest BCUT2D eigenvalue weighted by molar-refractivity contribution is -0.492. The zero-order valence-electron chi connectivity index (χ0n) is 23.8. The quantitative estimate of drug-likeness (QED) is 0.214. The van der Waals surface area contributed by atoms with Gasteiger partial charge in [0.2, 0.25) is 5.71 Å². The van der Waals surface area contributed by atoms with E-state index < -0.39 is 0 Å². The predicted molar refractivity (Wildman–Crippen MR) is 165 cm³/mol. The molecule has 0 atom stereocenters. The third-order valence-electron chi connectivity index (χ3n) is 9.39.